The van der Waals surface area contributed by atoms with Gasteiger partial charge in [0, 0.05) is 0 Å². The highest BCUT2D eigenvalue weighted by Gasteiger charge is 2.16. The zero-order valence-electron chi connectivity index (χ0n) is 10.6. The molecule has 1 aromatic carbocycles. The van der Waals surface area contributed by atoms with Crippen LogP contribution in [-0.4, -0.2) is 30.0 Å². The monoisotopic (exact) mass is 290 g/mol. The second-order valence-corrected chi connectivity index (χ2v) is 4.47. The summed E-state index contributed by atoms with van der Waals surface area (Å²) in [7, 11) is 0. The van der Waals surface area contributed by atoms with E-state index in [1.54, 1.807) is 24.4 Å². The summed E-state index contributed by atoms with van der Waals surface area (Å²) in [6.45, 7) is 2.53. The maximum atomic E-state index is 13.8. The third kappa shape index (κ3) is 2.07. The SMILES string of the molecule is CCn1nnc(-c2cnn(-c3ccccc3F)c2S)n1. The van der Waals surface area contributed by atoms with Crippen molar-refractivity contribution in [1.29, 1.82) is 0 Å². The van der Waals surface area contributed by atoms with Gasteiger partial charge < -0.3 is 0 Å². The molecule has 0 aliphatic carbocycles. The van der Waals surface area contributed by atoms with Crippen LogP contribution in [0.3, 0.4) is 0 Å². The molecule has 2 heterocycles. The summed E-state index contributed by atoms with van der Waals surface area (Å²) in [5.41, 5.74) is 0.933. The minimum absolute atomic E-state index is 0.326. The summed E-state index contributed by atoms with van der Waals surface area (Å²) in [6.07, 6.45) is 1.55. The molecule has 6 nitrogen and oxygen atoms in total. The molecule has 0 radical (unpaired) electrons. The molecule has 0 saturated carbocycles. The van der Waals surface area contributed by atoms with E-state index in [2.05, 4.69) is 33.1 Å². The Labute approximate surface area is 119 Å². The van der Waals surface area contributed by atoms with E-state index in [0.29, 0.717) is 28.6 Å². The van der Waals surface area contributed by atoms with Crippen molar-refractivity contribution in [2.24, 2.45) is 0 Å². The van der Waals surface area contributed by atoms with E-state index in [0.717, 1.165) is 0 Å². The molecule has 102 valence electrons. The van der Waals surface area contributed by atoms with Crippen LogP contribution in [0.5, 0.6) is 0 Å². The highest BCUT2D eigenvalue weighted by atomic mass is 32.1. The summed E-state index contributed by atoms with van der Waals surface area (Å²) < 4.78 is 15.2. The molecule has 0 unspecified atom stereocenters. The molecule has 0 N–H and O–H groups in total. The fourth-order valence-corrected chi connectivity index (χ4v) is 2.10. The molecule has 0 saturated heterocycles. The van der Waals surface area contributed by atoms with E-state index in [-0.39, 0.29) is 5.82 Å². The van der Waals surface area contributed by atoms with E-state index in [9.17, 15) is 4.39 Å². The molecule has 0 aliphatic heterocycles. The zero-order valence-corrected chi connectivity index (χ0v) is 11.5. The number of hydrogen-bond donors (Lipinski definition) is 1. The van der Waals surface area contributed by atoms with Crippen LogP contribution in [0.2, 0.25) is 0 Å². The maximum absolute atomic E-state index is 13.8. The van der Waals surface area contributed by atoms with Gasteiger partial charge in [-0.05, 0) is 24.3 Å². The predicted octanol–water partition coefficient (Wildman–Crippen LogP) is 1.97. The van der Waals surface area contributed by atoms with Crippen molar-refractivity contribution in [3.05, 3.63) is 36.3 Å². The Morgan fingerprint density at radius 1 is 1.30 bits per heavy atom. The molecule has 3 rings (SSSR count). The molecule has 0 bridgehead atoms. The van der Waals surface area contributed by atoms with E-state index in [4.69, 9.17) is 0 Å². The summed E-state index contributed by atoms with van der Waals surface area (Å²) in [4.78, 5) is 1.46. The molecule has 0 atom stereocenters. The van der Waals surface area contributed by atoms with Crippen molar-refractivity contribution in [2.45, 2.75) is 18.5 Å². The maximum Gasteiger partial charge on any atom is 0.209 e. The van der Waals surface area contributed by atoms with E-state index in [1.807, 2.05) is 6.92 Å². The lowest BCUT2D eigenvalue weighted by molar-refractivity contribution is 0.552. The quantitative estimate of drug-likeness (QED) is 0.749. The van der Waals surface area contributed by atoms with Gasteiger partial charge in [0.25, 0.3) is 0 Å². The number of nitrogens with zero attached hydrogens (tertiary/aromatic N) is 6. The van der Waals surface area contributed by atoms with Crippen molar-refractivity contribution < 1.29 is 4.39 Å². The lowest BCUT2D eigenvalue weighted by Crippen LogP contribution is -2.00. The van der Waals surface area contributed by atoms with Crippen LogP contribution >= 0.6 is 12.6 Å². The number of tetrazole rings is 1. The Balaban J connectivity index is 2.07. The zero-order chi connectivity index (χ0) is 14.1. The first-order chi connectivity index (χ1) is 9.70. The van der Waals surface area contributed by atoms with Gasteiger partial charge >= 0.3 is 0 Å². The molecular formula is C12H11FN6S. The summed E-state index contributed by atoms with van der Waals surface area (Å²) in [6, 6.07) is 6.35. The molecule has 0 fully saturated rings. The highest BCUT2D eigenvalue weighted by molar-refractivity contribution is 7.80. The molecule has 8 heteroatoms. The predicted molar refractivity (Wildman–Crippen MR) is 73.3 cm³/mol. The largest absolute Gasteiger partial charge is 0.224 e. The minimum atomic E-state index is -0.373. The van der Waals surface area contributed by atoms with Crippen LogP contribution < -0.4 is 0 Å². The Morgan fingerprint density at radius 2 is 2.10 bits per heavy atom. The average molecular weight is 290 g/mol. The van der Waals surface area contributed by atoms with Crippen LogP contribution in [0.25, 0.3) is 17.1 Å². The van der Waals surface area contributed by atoms with Crippen molar-refractivity contribution in [1.82, 2.24) is 30.0 Å². The number of aromatic nitrogens is 6. The fraction of sp³-hybridized carbons (Fsp3) is 0.167. The molecule has 0 spiro atoms. The normalized spacial score (nSPS) is 10.9. The van der Waals surface area contributed by atoms with Crippen LogP contribution in [0.1, 0.15) is 6.92 Å². The number of benzene rings is 1. The van der Waals surface area contributed by atoms with Gasteiger partial charge in [-0.15, -0.1) is 22.8 Å². The number of para-hydroxylation sites is 1. The third-order valence-corrected chi connectivity index (χ3v) is 3.23. The number of rotatable bonds is 3. The first-order valence-corrected chi connectivity index (χ1v) is 6.45. The Morgan fingerprint density at radius 3 is 2.80 bits per heavy atom. The lowest BCUT2D eigenvalue weighted by atomic mass is 10.3. The Kier molecular flexibility index (Phi) is 3.23. The van der Waals surface area contributed by atoms with Crippen molar-refractivity contribution in [2.75, 3.05) is 0 Å². The fourth-order valence-electron chi connectivity index (χ4n) is 1.78. The topological polar surface area (TPSA) is 61.4 Å². The van der Waals surface area contributed by atoms with Gasteiger partial charge in [-0.2, -0.15) is 9.90 Å². The summed E-state index contributed by atoms with van der Waals surface area (Å²) in [5, 5.41) is 16.6. The lowest BCUT2D eigenvalue weighted by Gasteiger charge is -2.04. The van der Waals surface area contributed by atoms with Gasteiger partial charge in [0.15, 0.2) is 0 Å². The summed E-state index contributed by atoms with van der Waals surface area (Å²) >= 11 is 4.39. The Hall–Kier alpha value is -2.22. The van der Waals surface area contributed by atoms with E-state index >= 15 is 0 Å². The minimum Gasteiger partial charge on any atom is -0.224 e. The number of hydrogen-bond acceptors (Lipinski definition) is 5. The third-order valence-electron chi connectivity index (χ3n) is 2.80. The van der Waals surface area contributed by atoms with Gasteiger partial charge in [0.1, 0.15) is 16.5 Å². The number of halogens is 1. The molecular weight excluding hydrogens is 279 g/mol. The van der Waals surface area contributed by atoms with Crippen LogP contribution in [0.4, 0.5) is 4.39 Å². The standard InChI is InChI=1S/C12H11FN6S/c1-2-18-16-11(15-17-18)8-7-14-19(12(8)20)10-6-4-3-5-9(10)13/h3-7,20H,2H2,1H3. The van der Waals surface area contributed by atoms with Crippen molar-refractivity contribution in [3.63, 3.8) is 0 Å². The molecule has 2 aromatic heterocycles. The first kappa shape index (κ1) is 12.8. The smallest absolute Gasteiger partial charge is 0.209 e. The molecule has 20 heavy (non-hydrogen) atoms. The molecule has 0 aliphatic rings. The van der Waals surface area contributed by atoms with Crippen molar-refractivity contribution in [3.8, 4) is 17.1 Å². The molecule has 3 aromatic rings. The second kappa shape index (κ2) is 5.04. The highest BCUT2D eigenvalue weighted by Crippen LogP contribution is 2.26. The Bertz CT molecular complexity index is 750. The van der Waals surface area contributed by atoms with Gasteiger partial charge in [-0.1, -0.05) is 12.1 Å². The van der Waals surface area contributed by atoms with Crippen LogP contribution in [0, 0.1) is 5.82 Å². The average Bonchev–Trinajstić information content (AvgIpc) is 3.06. The van der Waals surface area contributed by atoms with Crippen molar-refractivity contribution >= 4 is 12.6 Å². The number of thiol groups is 1. The van der Waals surface area contributed by atoms with Gasteiger partial charge in [0.2, 0.25) is 5.82 Å². The van der Waals surface area contributed by atoms with Gasteiger partial charge in [-0.3, -0.25) is 0 Å². The van der Waals surface area contributed by atoms with Crippen LogP contribution in [-0.2, 0) is 6.54 Å². The second-order valence-electron chi connectivity index (χ2n) is 4.05. The van der Waals surface area contributed by atoms with Gasteiger partial charge in [0.05, 0.1) is 18.3 Å². The van der Waals surface area contributed by atoms with Crippen LogP contribution in [0.15, 0.2) is 35.5 Å². The van der Waals surface area contributed by atoms with E-state index in [1.165, 1.54) is 15.5 Å². The number of aryl methyl sites for hydroxylation is 1. The van der Waals surface area contributed by atoms with Gasteiger partial charge in [-0.25, -0.2) is 9.07 Å². The summed E-state index contributed by atoms with van der Waals surface area (Å²) in [5.74, 6) is 0.0436. The molecule has 0 amide bonds. The first-order valence-electron chi connectivity index (χ1n) is 6.00. The van der Waals surface area contributed by atoms with E-state index < -0.39 is 0 Å².